The average Bonchev–Trinajstić information content (AvgIpc) is 2.79. The Morgan fingerprint density at radius 1 is 1.03 bits per heavy atom. The summed E-state index contributed by atoms with van der Waals surface area (Å²) in [5.74, 6) is -0.0945. The fourth-order valence-corrected chi connectivity index (χ4v) is 4.52. The van der Waals surface area contributed by atoms with Crippen molar-refractivity contribution in [2.45, 2.75) is 59.7 Å². The number of nitrogens with zero attached hydrogens (tertiary/aromatic N) is 2. The molecule has 8 nitrogen and oxygen atoms in total. The zero-order chi connectivity index (χ0) is 26.3. The predicted octanol–water partition coefficient (Wildman–Crippen LogP) is 3.41. The van der Waals surface area contributed by atoms with E-state index in [4.69, 9.17) is 4.74 Å². The van der Waals surface area contributed by atoms with Gasteiger partial charge in [0, 0.05) is 12.6 Å². The second-order valence-corrected chi connectivity index (χ2v) is 10.9. The van der Waals surface area contributed by atoms with E-state index in [1.54, 1.807) is 38.3 Å². The van der Waals surface area contributed by atoms with Crippen LogP contribution in [0, 0.1) is 13.8 Å². The summed E-state index contributed by atoms with van der Waals surface area (Å²) in [5, 5.41) is 2.91. The molecule has 0 aliphatic heterocycles. The lowest BCUT2D eigenvalue weighted by atomic mass is 10.1. The van der Waals surface area contributed by atoms with Gasteiger partial charge >= 0.3 is 0 Å². The topological polar surface area (TPSA) is 96.0 Å². The Labute approximate surface area is 209 Å². The van der Waals surface area contributed by atoms with Crippen LogP contribution in [0.2, 0.25) is 0 Å². The first-order valence-corrected chi connectivity index (χ1v) is 13.5. The maximum Gasteiger partial charge on any atom is 0.244 e. The number of amides is 2. The monoisotopic (exact) mass is 503 g/mol. The van der Waals surface area contributed by atoms with Crippen molar-refractivity contribution in [3.8, 4) is 5.75 Å². The Morgan fingerprint density at radius 3 is 2.09 bits per heavy atom. The molecule has 2 rings (SSSR count). The van der Waals surface area contributed by atoms with Crippen LogP contribution in [-0.4, -0.2) is 57.1 Å². The van der Waals surface area contributed by atoms with Crippen molar-refractivity contribution >= 4 is 27.5 Å². The van der Waals surface area contributed by atoms with E-state index in [9.17, 15) is 18.0 Å². The Kier molecular flexibility index (Phi) is 9.71. The van der Waals surface area contributed by atoms with E-state index in [0.717, 1.165) is 33.7 Å². The molecule has 0 aliphatic carbocycles. The summed E-state index contributed by atoms with van der Waals surface area (Å²) in [5.41, 5.74) is 2.98. The summed E-state index contributed by atoms with van der Waals surface area (Å²) in [6, 6.07) is 11.7. The summed E-state index contributed by atoms with van der Waals surface area (Å²) in [7, 11) is -2.19. The third-order valence-corrected chi connectivity index (χ3v) is 6.99. The van der Waals surface area contributed by atoms with Crippen molar-refractivity contribution in [3.63, 3.8) is 0 Å². The molecule has 0 aromatic heterocycles. The van der Waals surface area contributed by atoms with Crippen molar-refractivity contribution in [2.24, 2.45) is 0 Å². The molecule has 2 amide bonds. The van der Waals surface area contributed by atoms with Crippen LogP contribution in [0.3, 0.4) is 0 Å². The molecule has 2 atom stereocenters. The molecule has 35 heavy (non-hydrogen) atoms. The number of aryl methyl sites for hydroxylation is 2. The van der Waals surface area contributed by atoms with Gasteiger partial charge in [-0.15, -0.1) is 0 Å². The quantitative estimate of drug-likeness (QED) is 0.507. The first-order valence-electron chi connectivity index (χ1n) is 11.6. The molecule has 192 valence electrons. The second kappa shape index (κ2) is 12.1. The molecule has 0 saturated heterocycles. The maximum absolute atomic E-state index is 13.6. The lowest BCUT2D eigenvalue weighted by Crippen LogP contribution is -2.52. The van der Waals surface area contributed by atoms with E-state index in [1.165, 1.54) is 4.90 Å². The third kappa shape index (κ3) is 7.99. The number of rotatable bonds is 11. The standard InChI is InChI=1S/C26H37N3O5S/c1-8-20(4)27-26(31)21(5)28(16-22-9-11-24(34-6)12-10-22)25(30)17-29(35(7,32)33)23-14-18(2)13-19(3)15-23/h9-15,20-21H,8,16-17H2,1-7H3,(H,27,31)/t20-,21+/m0/s1. The Bertz CT molecular complexity index is 1110. The van der Waals surface area contributed by atoms with E-state index in [0.29, 0.717) is 11.4 Å². The number of methoxy groups -OCH3 is 1. The van der Waals surface area contributed by atoms with Crippen LogP contribution in [0.25, 0.3) is 0 Å². The van der Waals surface area contributed by atoms with Crippen LogP contribution in [-0.2, 0) is 26.2 Å². The Hall–Kier alpha value is -3.07. The lowest BCUT2D eigenvalue weighted by Gasteiger charge is -2.32. The molecule has 0 radical (unpaired) electrons. The van der Waals surface area contributed by atoms with Gasteiger partial charge in [-0.05, 0) is 75.1 Å². The number of hydrogen-bond acceptors (Lipinski definition) is 5. The van der Waals surface area contributed by atoms with Gasteiger partial charge in [0.2, 0.25) is 21.8 Å². The minimum Gasteiger partial charge on any atom is -0.497 e. The normalized spacial score (nSPS) is 13.0. The second-order valence-electron chi connectivity index (χ2n) is 8.98. The molecule has 2 aromatic carbocycles. The van der Waals surface area contributed by atoms with Crippen LogP contribution < -0.4 is 14.4 Å². The number of carbonyl (C=O) groups excluding carboxylic acids is 2. The molecule has 0 fully saturated rings. The van der Waals surface area contributed by atoms with Crippen LogP contribution in [0.1, 0.15) is 43.9 Å². The molecule has 2 aromatic rings. The highest BCUT2D eigenvalue weighted by Crippen LogP contribution is 2.22. The summed E-state index contributed by atoms with van der Waals surface area (Å²) < 4.78 is 31.7. The number of carbonyl (C=O) groups is 2. The minimum absolute atomic E-state index is 0.0503. The van der Waals surface area contributed by atoms with Crippen LogP contribution in [0.15, 0.2) is 42.5 Å². The van der Waals surface area contributed by atoms with Gasteiger partial charge in [-0.25, -0.2) is 8.42 Å². The number of hydrogen-bond donors (Lipinski definition) is 1. The lowest BCUT2D eigenvalue weighted by molar-refractivity contribution is -0.139. The molecule has 9 heteroatoms. The molecule has 0 bridgehead atoms. The van der Waals surface area contributed by atoms with Gasteiger partial charge in [-0.1, -0.05) is 25.1 Å². The van der Waals surface area contributed by atoms with E-state index >= 15 is 0 Å². The van der Waals surface area contributed by atoms with Crippen molar-refractivity contribution in [3.05, 3.63) is 59.2 Å². The SMILES string of the molecule is CC[C@H](C)NC(=O)[C@@H](C)N(Cc1ccc(OC)cc1)C(=O)CN(c1cc(C)cc(C)c1)S(C)(=O)=O. The average molecular weight is 504 g/mol. The molecule has 1 N–H and O–H groups in total. The van der Waals surface area contributed by atoms with Gasteiger partial charge in [0.05, 0.1) is 19.1 Å². The van der Waals surface area contributed by atoms with E-state index in [2.05, 4.69) is 5.32 Å². The highest BCUT2D eigenvalue weighted by molar-refractivity contribution is 7.92. The Balaban J connectivity index is 2.41. The predicted molar refractivity (Wildman–Crippen MR) is 139 cm³/mol. The first-order chi connectivity index (χ1) is 16.3. The van der Waals surface area contributed by atoms with Crippen molar-refractivity contribution in [2.75, 3.05) is 24.2 Å². The fraction of sp³-hybridized carbons (Fsp3) is 0.462. The van der Waals surface area contributed by atoms with E-state index in [1.807, 2.05) is 45.9 Å². The zero-order valence-corrected chi connectivity index (χ0v) is 22.5. The Morgan fingerprint density at radius 2 is 1.60 bits per heavy atom. The highest BCUT2D eigenvalue weighted by atomic mass is 32.2. The highest BCUT2D eigenvalue weighted by Gasteiger charge is 2.30. The van der Waals surface area contributed by atoms with E-state index in [-0.39, 0.29) is 18.5 Å². The first kappa shape index (κ1) is 28.2. The largest absolute Gasteiger partial charge is 0.497 e. The van der Waals surface area contributed by atoms with Crippen LogP contribution in [0.4, 0.5) is 5.69 Å². The van der Waals surface area contributed by atoms with Gasteiger partial charge < -0.3 is 15.0 Å². The fourth-order valence-electron chi connectivity index (χ4n) is 3.68. The van der Waals surface area contributed by atoms with Crippen molar-refractivity contribution < 1.29 is 22.7 Å². The summed E-state index contributed by atoms with van der Waals surface area (Å²) in [6.07, 6.45) is 1.82. The molecule has 0 aliphatic rings. The number of ether oxygens (including phenoxy) is 1. The van der Waals surface area contributed by atoms with Crippen molar-refractivity contribution in [1.29, 1.82) is 0 Å². The number of anilines is 1. The summed E-state index contributed by atoms with van der Waals surface area (Å²) in [6.45, 7) is 8.98. The molecule has 0 spiro atoms. The molecular weight excluding hydrogens is 466 g/mol. The summed E-state index contributed by atoms with van der Waals surface area (Å²) in [4.78, 5) is 27.9. The van der Waals surface area contributed by atoms with Gasteiger partial charge in [-0.3, -0.25) is 13.9 Å². The smallest absolute Gasteiger partial charge is 0.244 e. The van der Waals surface area contributed by atoms with Gasteiger partial charge in [0.15, 0.2) is 0 Å². The van der Waals surface area contributed by atoms with Gasteiger partial charge in [0.25, 0.3) is 0 Å². The minimum atomic E-state index is -3.76. The van der Waals surface area contributed by atoms with Crippen LogP contribution in [0.5, 0.6) is 5.75 Å². The molecule has 0 unspecified atom stereocenters. The van der Waals surface area contributed by atoms with Gasteiger partial charge in [0.1, 0.15) is 18.3 Å². The summed E-state index contributed by atoms with van der Waals surface area (Å²) >= 11 is 0. The number of nitrogens with one attached hydrogen (secondary N) is 1. The molecule has 0 saturated carbocycles. The number of benzene rings is 2. The van der Waals surface area contributed by atoms with Gasteiger partial charge in [-0.2, -0.15) is 0 Å². The maximum atomic E-state index is 13.6. The molecule has 0 heterocycles. The van der Waals surface area contributed by atoms with E-state index < -0.39 is 28.5 Å². The number of sulfonamides is 1. The van der Waals surface area contributed by atoms with Crippen LogP contribution >= 0.6 is 0 Å². The third-order valence-electron chi connectivity index (χ3n) is 5.85. The molecular formula is C26H37N3O5S. The van der Waals surface area contributed by atoms with Crippen molar-refractivity contribution in [1.82, 2.24) is 10.2 Å². The zero-order valence-electron chi connectivity index (χ0n) is 21.7.